The summed E-state index contributed by atoms with van der Waals surface area (Å²) in [6.45, 7) is -1.96. The quantitative estimate of drug-likeness (QED) is 0.711. The van der Waals surface area contributed by atoms with Gasteiger partial charge in [-0.15, -0.1) is 0 Å². The molecule has 0 spiro atoms. The summed E-state index contributed by atoms with van der Waals surface area (Å²) in [7, 11) is 0. The number of nitrogens with zero attached hydrogens (tertiary/aromatic N) is 2. The summed E-state index contributed by atoms with van der Waals surface area (Å²) >= 11 is 0. The van der Waals surface area contributed by atoms with Crippen molar-refractivity contribution in [3.63, 3.8) is 0 Å². The molecule has 0 saturated carbocycles. The lowest BCUT2D eigenvalue weighted by Gasteiger charge is -2.27. The Labute approximate surface area is 151 Å². The molecule has 0 atom stereocenters. The summed E-state index contributed by atoms with van der Waals surface area (Å²) in [4.78, 5) is 19.2. The van der Waals surface area contributed by atoms with E-state index in [1.807, 2.05) is 35.2 Å². The molecule has 0 aliphatic carbocycles. The van der Waals surface area contributed by atoms with Crippen molar-refractivity contribution in [1.82, 2.24) is 0 Å². The molecule has 0 amide bonds. The molecule has 136 valence electrons. The number of ether oxygens (including phenoxy) is 1. The van der Waals surface area contributed by atoms with Crippen LogP contribution in [0.3, 0.4) is 0 Å². The molecule has 0 aromatic heterocycles. The SMILES string of the molecule is O=C(CN(C1=NCCCC1)c1ccccc1)c1ccc(OC(F)F)cc1. The van der Waals surface area contributed by atoms with Gasteiger partial charge < -0.3 is 9.64 Å². The molecular formula is C20H20F2N2O2. The van der Waals surface area contributed by atoms with Gasteiger partial charge in [0.2, 0.25) is 0 Å². The monoisotopic (exact) mass is 358 g/mol. The second-order valence-corrected chi connectivity index (χ2v) is 6.00. The summed E-state index contributed by atoms with van der Waals surface area (Å²) in [5.41, 5.74) is 1.36. The van der Waals surface area contributed by atoms with Gasteiger partial charge in [0.05, 0.1) is 6.54 Å². The lowest BCUT2D eigenvalue weighted by atomic mass is 10.1. The molecule has 1 aliphatic rings. The number of hydrogen-bond acceptors (Lipinski definition) is 4. The average Bonchev–Trinajstić information content (AvgIpc) is 2.67. The van der Waals surface area contributed by atoms with E-state index < -0.39 is 6.61 Å². The Kier molecular flexibility index (Phi) is 5.94. The van der Waals surface area contributed by atoms with Crippen molar-refractivity contribution in [1.29, 1.82) is 0 Å². The van der Waals surface area contributed by atoms with Crippen LogP contribution in [0.15, 0.2) is 59.6 Å². The number of halogens is 2. The second-order valence-electron chi connectivity index (χ2n) is 6.00. The topological polar surface area (TPSA) is 41.9 Å². The number of anilines is 1. The Bertz CT molecular complexity index is 761. The fourth-order valence-corrected chi connectivity index (χ4v) is 2.90. The molecule has 3 rings (SSSR count). The number of alkyl halides is 2. The lowest BCUT2D eigenvalue weighted by Crippen LogP contribution is -2.37. The number of carbonyl (C=O) groups is 1. The largest absolute Gasteiger partial charge is 0.435 e. The van der Waals surface area contributed by atoms with Crippen molar-refractivity contribution in [2.45, 2.75) is 25.9 Å². The number of hydrogen-bond donors (Lipinski definition) is 0. The van der Waals surface area contributed by atoms with E-state index >= 15 is 0 Å². The Hall–Kier alpha value is -2.76. The first kappa shape index (κ1) is 18.0. The van der Waals surface area contributed by atoms with E-state index in [4.69, 9.17) is 0 Å². The van der Waals surface area contributed by atoms with Crippen molar-refractivity contribution >= 4 is 17.3 Å². The normalized spacial score (nSPS) is 14.0. The molecule has 2 aromatic carbocycles. The summed E-state index contributed by atoms with van der Waals surface area (Å²) < 4.78 is 28.8. The predicted octanol–water partition coefficient (Wildman–Crippen LogP) is 4.56. The van der Waals surface area contributed by atoms with Gasteiger partial charge in [-0.25, -0.2) is 0 Å². The van der Waals surface area contributed by atoms with E-state index in [-0.39, 0.29) is 18.1 Å². The number of amidine groups is 1. The van der Waals surface area contributed by atoms with Crippen LogP contribution in [0.1, 0.15) is 29.6 Å². The van der Waals surface area contributed by atoms with Crippen LogP contribution >= 0.6 is 0 Å². The maximum Gasteiger partial charge on any atom is 0.387 e. The van der Waals surface area contributed by atoms with Gasteiger partial charge in [0.25, 0.3) is 0 Å². The molecule has 0 N–H and O–H groups in total. The Morgan fingerprint density at radius 2 is 1.81 bits per heavy atom. The highest BCUT2D eigenvalue weighted by Gasteiger charge is 2.20. The van der Waals surface area contributed by atoms with Crippen molar-refractivity contribution in [3.05, 3.63) is 60.2 Å². The number of rotatable bonds is 6. The van der Waals surface area contributed by atoms with Gasteiger partial charge in [0, 0.05) is 24.2 Å². The third-order valence-electron chi connectivity index (χ3n) is 4.19. The highest BCUT2D eigenvalue weighted by molar-refractivity contribution is 6.07. The molecule has 4 nitrogen and oxygen atoms in total. The van der Waals surface area contributed by atoms with Crippen LogP contribution in [0.2, 0.25) is 0 Å². The number of Topliss-reactive ketones (excluding diaryl/α,β-unsaturated/α-hetero) is 1. The van der Waals surface area contributed by atoms with Gasteiger partial charge in [-0.2, -0.15) is 8.78 Å². The van der Waals surface area contributed by atoms with Crippen LogP contribution in [-0.2, 0) is 0 Å². The van der Waals surface area contributed by atoms with Crippen molar-refractivity contribution in [2.24, 2.45) is 4.99 Å². The number of benzene rings is 2. The molecular weight excluding hydrogens is 338 g/mol. The Morgan fingerprint density at radius 1 is 1.08 bits per heavy atom. The van der Waals surface area contributed by atoms with Crippen LogP contribution in [0, 0.1) is 0 Å². The highest BCUT2D eigenvalue weighted by atomic mass is 19.3. The van der Waals surface area contributed by atoms with E-state index in [1.54, 1.807) is 0 Å². The molecule has 2 aromatic rings. The minimum Gasteiger partial charge on any atom is -0.435 e. The first-order valence-electron chi connectivity index (χ1n) is 8.57. The van der Waals surface area contributed by atoms with Crippen LogP contribution in [0.25, 0.3) is 0 Å². The van der Waals surface area contributed by atoms with E-state index in [0.29, 0.717) is 5.56 Å². The zero-order valence-electron chi connectivity index (χ0n) is 14.3. The fraction of sp³-hybridized carbons (Fsp3) is 0.300. The molecule has 0 saturated heterocycles. The molecule has 26 heavy (non-hydrogen) atoms. The predicted molar refractivity (Wildman–Crippen MR) is 97.3 cm³/mol. The smallest absolute Gasteiger partial charge is 0.387 e. The summed E-state index contributed by atoms with van der Waals surface area (Å²) in [5, 5.41) is 0. The Balaban J connectivity index is 1.78. The van der Waals surface area contributed by atoms with Gasteiger partial charge in [0.1, 0.15) is 11.6 Å². The van der Waals surface area contributed by atoms with Crippen LogP contribution in [0.4, 0.5) is 14.5 Å². The van der Waals surface area contributed by atoms with E-state index in [1.165, 1.54) is 24.3 Å². The van der Waals surface area contributed by atoms with E-state index in [0.717, 1.165) is 37.3 Å². The van der Waals surface area contributed by atoms with Gasteiger partial charge >= 0.3 is 6.61 Å². The van der Waals surface area contributed by atoms with Crippen LogP contribution in [0.5, 0.6) is 5.75 Å². The summed E-state index contributed by atoms with van der Waals surface area (Å²) in [6, 6.07) is 15.4. The van der Waals surface area contributed by atoms with E-state index in [2.05, 4.69) is 9.73 Å². The van der Waals surface area contributed by atoms with Gasteiger partial charge in [-0.1, -0.05) is 18.2 Å². The van der Waals surface area contributed by atoms with Crippen LogP contribution in [-0.4, -0.2) is 31.3 Å². The maximum absolute atomic E-state index is 12.7. The number of carbonyl (C=O) groups excluding carboxylic acids is 1. The maximum atomic E-state index is 12.7. The molecule has 0 unspecified atom stereocenters. The van der Waals surface area contributed by atoms with E-state index in [9.17, 15) is 13.6 Å². The molecule has 0 radical (unpaired) electrons. The van der Waals surface area contributed by atoms with Crippen molar-refractivity contribution < 1.29 is 18.3 Å². The third-order valence-corrected chi connectivity index (χ3v) is 4.19. The standard InChI is InChI=1S/C20H20F2N2O2/c21-20(22)26-17-11-9-15(10-12-17)18(25)14-24(16-6-2-1-3-7-16)19-8-4-5-13-23-19/h1-3,6-7,9-12,20H,4-5,8,13-14H2. The number of ketones is 1. The van der Waals surface area contributed by atoms with Gasteiger partial charge in [-0.3, -0.25) is 9.79 Å². The number of aliphatic imine (C=N–C) groups is 1. The van der Waals surface area contributed by atoms with Crippen molar-refractivity contribution in [2.75, 3.05) is 18.0 Å². The fourth-order valence-electron chi connectivity index (χ4n) is 2.90. The minimum atomic E-state index is -2.88. The summed E-state index contributed by atoms with van der Waals surface area (Å²) in [6.07, 6.45) is 2.95. The summed E-state index contributed by atoms with van der Waals surface area (Å²) in [5.74, 6) is 0.840. The minimum absolute atomic E-state index is 0.0353. The second kappa shape index (κ2) is 8.56. The average molecular weight is 358 g/mol. The lowest BCUT2D eigenvalue weighted by molar-refractivity contribution is -0.0498. The zero-order valence-corrected chi connectivity index (χ0v) is 14.3. The van der Waals surface area contributed by atoms with Gasteiger partial charge in [0.15, 0.2) is 5.78 Å². The molecule has 1 heterocycles. The molecule has 0 fully saturated rings. The molecule has 6 heteroatoms. The molecule has 1 aliphatic heterocycles. The molecule has 0 bridgehead atoms. The first-order valence-corrected chi connectivity index (χ1v) is 8.57. The first-order chi connectivity index (χ1) is 12.6. The van der Waals surface area contributed by atoms with Crippen molar-refractivity contribution in [3.8, 4) is 5.75 Å². The van der Waals surface area contributed by atoms with Crippen LogP contribution < -0.4 is 9.64 Å². The third kappa shape index (κ3) is 4.65. The zero-order chi connectivity index (χ0) is 18.4. The Morgan fingerprint density at radius 3 is 2.42 bits per heavy atom. The van der Waals surface area contributed by atoms with Gasteiger partial charge in [-0.05, 0) is 49.2 Å². The number of para-hydroxylation sites is 1. The highest BCUT2D eigenvalue weighted by Crippen LogP contribution is 2.21.